The van der Waals surface area contributed by atoms with Crippen LogP contribution < -0.4 is 10.9 Å². The molecule has 5 nitrogen and oxygen atoms in total. The maximum Gasteiger partial charge on any atom is 0.276 e. The lowest BCUT2D eigenvalue weighted by Crippen LogP contribution is -2.43. The van der Waals surface area contributed by atoms with Crippen LogP contribution in [-0.4, -0.2) is 18.4 Å². The lowest BCUT2D eigenvalue weighted by molar-refractivity contribution is -0.130. The zero-order valence-corrected chi connectivity index (χ0v) is 9.29. The number of hydrazine groups is 1. The molecular weight excluding hydrogens is 208 g/mol. The molecule has 2 N–H and O–H groups in total. The van der Waals surface area contributed by atoms with Crippen molar-refractivity contribution in [2.45, 2.75) is 26.2 Å². The van der Waals surface area contributed by atoms with E-state index in [1.807, 2.05) is 25.2 Å². The van der Waals surface area contributed by atoms with Crippen LogP contribution in [0.2, 0.25) is 0 Å². The Labute approximate surface area is 94.5 Å². The Bertz CT molecular complexity index is 321. The molecular formula is C11H16N2O3. The highest BCUT2D eigenvalue weighted by molar-refractivity contribution is 5.82. The predicted molar refractivity (Wildman–Crippen MR) is 59.0 cm³/mol. The Kier molecular flexibility index (Phi) is 5.11. The van der Waals surface area contributed by atoms with Crippen molar-refractivity contribution in [2.24, 2.45) is 0 Å². The molecule has 0 saturated carbocycles. The molecule has 0 fully saturated rings. The van der Waals surface area contributed by atoms with Crippen LogP contribution >= 0.6 is 0 Å². The number of allylic oxidation sites excluding steroid dienone is 3. The van der Waals surface area contributed by atoms with Crippen LogP contribution in [0.1, 0.15) is 26.2 Å². The molecule has 0 aromatic carbocycles. The number of ether oxygens (including phenoxy) is 1. The quantitative estimate of drug-likeness (QED) is 0.678. The number of nitrogens with one attached hydrogen (secondary N) is 2. The molecule has 0 saturated heterocycles. The molecule has 0 aromatic rings. The van der Waals surface area contributed by atoms with Gasteiger partial charge in [0, 0.05) is 12.8 Å². The molecule has 1 aliphatic rings. The van der Waals surface area contributed by atoms with Crippen LogP contribution in [0.25, 0.3) is 0 Å². The molecule has 0 radical (unpaired) electrons. The summed E-state index contributed by atoms with van der Waals surface area (Å²) >= 11 is 0. The minimum Gasteiger partial charge on any atom is -0.488 e. The van der Waals surface area contributed by atoms with E-state index in [1.54, 1.807) is 0 Å². The third-order valence-corrected chi connectivity index (χ3v) is 1.94. The highest BCUT2D eigenvalue weighted by atomic mass is 16.5. The van der Waals surface area contributed by atoms with E-state index in [0.29, 0.717) is 6.42 Å². The summed E-state index contributed by atoms with van der Waals surface area (Å²) in [4.78, 5) is 22.2. The van der Waals surface area contributed by atoms with Crippen molar-refractivity contribution in [3.8, 4) is 0 Å². The number of hydrogen-bond acceptors (Lipinski definition) is 3. The maximum absolute atomic E-state index is 11.2. The Balaban J connectivity index is 2.09. The van der Waals surface area contributed by atoms with Crippen molar-refractivity contribution in [1.29, 1.82) is 0 Å². The van der Waals surface area contributed by atoms with Crippen molar-refractivity contribution < 1.29 is 14.3 Å². The molecule has 1 aliphatic carbocycles. The van der Waals surface area contributed by atoms with Gasteiger partial charge in [0.05, 0.1) is 0 Å². The summed E-state index contributed by atoms with van der Waals surface area (Å²) in [6.07, 6.45) is 7.48. The molecule has 2 amide bonds. The summed E-state index contributed by atoms with van der Waals surface area (Å²) in [6, 6.07) is 0. The fourth-order valence-electron chi connectivity index (χ4n) is 1.16. The maximum atomic E-state index is 11.2. The van der Waals surface area contributed by atoms with Gasteiger partial charge in [0.1, 0.15) is 5.76 Å². The second kappa shape index (κ2) is 6.66. The minimum absolute atomic E-state index is 0.0834. The Hall–Kier alpha value is -1.78. The predicted octanol–water partition coefficient (Wildman–Crippen LogP) is 0.794. The number of hydrogen-bond donors (Lipinski definition) is 2. The zero-order chi connectivity index (χ0) is 11.8. The van der Waals surface area contributed by atoms with Crippen LogP contribution in [0.3, 0.4) is 0 Å². The normalized spacial score (nSPS) is 13.2. The molecule has 5 heteroatoms. The van der Waals surface area contributed by atoms with Crippen molar-refractivity contribution >= 4 is 11.8 Å². The largest absolute Gasteiger partial charge is 0.488 e. The molecule has 0 atom stereocenters. The van der Waals surface area contributed by atoms with E-state index >= 15 is 0 Å². The first-order valence-electron chi connectivity index (χ1n) is 5.28. The summed E-state index contributed by atoms with van der Waals surface area (Å²) in [5.74, 6) is 0.199. The molecule has 0 spiro atoms. The second-order valence-corrected chi connectivity index (χ2v) is 3.40. The topological polar surface area (TPSA) is 67.4 Å². The molecule has 16 heavy (non-hydrogen) atoms. The second-order valence-electron chi connectivity index (χ2n) is 3.40. The van der Waals surface area contributed by atoms with E-state index < -0.39 is 0 Å². The molecule has 88 valence electrons. The van der Waals surface area contributed by atoms with Crippen LogP contribution in [0.4, 0.5) is 0 Å². The summed E-state index contributed by atoms with van der Waals surface area (Å²) in [6.45, 7) is 1.81. The number of amides is 2. The van der Waals surface area contributed by atoms with Crippen molar-refractivity contribution in [1.82, 2.24) is 10.9 Å². The Morgan fingerprint density at radius 2 is 2.12 bits per heavy atom. The van der Waals surface area contributed by atoms with Gasteiger partial charge in [-0.3, -0.25) is 20.4 Å². The minimum atomic E-state index is -0.364. The van der Waals surface area contributed by atoms with E-state index in [4.69, 9.17) is 4.74 Å². The van der Waals surface area contributed by atoms with Gasteiger partial charge in [-0.15, -0.1) is 0 Å². The third kappa shape index (κ3) is 4.63. The average molecular weight is 224 g/mol. The fraction of sp³-hybridized carbons (Fsp3) is 0.455. The van der Waals surface area contributed by atoms with Crippen molar-refractivity contribution in [2.75, 3.05) is 6.61 Å². The van der Waals surface area contributed by atoms with Gasteiger partial charge in [0.25, 0.3) is 5.91 Å². The first-order chi connectivity index (χ1) is 7.72. The van der Waals surface area contributed by atoms with Crippen LogP contribution in [-0.2, 0) is 14.3 Å². The first kappa shape index (κ1) is 12.3. The lowest BCUT2D eigenvalue weighted by Gasteiger charge is -2.08. The van der Waals surface area contributed by atoms with Gasteiger partial charge in [-0.05, 0) is 12.5 Å². The van der Waals surface area contributed by atoms with Gasteiger partial charge in [-0.25, -0.2) is 0 Å². The molecule has 1 rings (SSSR count). The highest BCUT2D eigenvalue weighted by Crippen LogP contribution is 2.10. The smallest absolute Gasteiger partial charge is 0.276 e. The fourth-order valence-corrected chi connectivity index (χ4v) is 1.16. The number of carbonyl (C=O) groups excluding carboxylic acids is 2. The van der Waals surface area contributed by atoms with Gasteiger partial charge in [0.2, 0.25) is 5.91 Å². The molecule has 0 unspecified atom stereocenters. The molecule has 0 aliphatic heterocycles. The van der Waals surface area contributed by atoms with Gasteiger partial charge in [0.15, 0.2) is 6.61 Å². The zero-order valence-electron chi connectivity index (χ0n) is 9.29. The summed E-state index contributed by atoms with van der Waals surface area (Å²) < 4.78 is 5.19. The SMILES string of the molecule is CCCC(=O)NNC(=O)COC1=CC=CC1. The first-order valence-corrected chi connectivity index (χ1v) is 5.28. The van der Waals surface area contributed by atoms with Gasteiger partial charge >= 0.3 is 0 Å². The van der Waals surface area contributed by atoms with Gasteiger partial charge < -0.3 is 4.74 Å². The van der Waals surface area contributed by atoms with Gasteiger partial charge in [-0.1, -0.05) is 19.1 Å². The van der Waals surface area contributed by atoms with E-state index in [0.717, 1.165) is 18.6 Å². The highest BCUT2D eigenvalue weighted by Gasteiger charge is 2.06. The lowest BCUT2D eigenvalue weighted by atomic mass is 10.3. The van der Waals surface area contributed by atoms with Crippen LogP contribution in [0, 0.1) is 0 Å². The summed E-state index contributed by atoms with van der Waals surface area (Å²) in [5.41, 5.74) is 4.59. The monoisotopic (exact) mass is 224 g/mol. The summed E-state index contributed by atoms with van der Waals surface area (Å²) in [5, 5.41) is 0. The average Bonchev–Trinajstić information content (AvgIpc) is 2.77. The number of rotatable bonds is 5. The van der Waals surface area contributed by atoms with Crippen LogP contribution in [0.5, 0.6) is 0 Å². The standard InChI is InChI=1S/C11H16N2O3/c1-2-5-10(14)12-13-11(15)8-16-9-6-3-4-7-9/h3-4,6H,2,5,7-8H2,1H3,(H,12,14)(H,13,15). The molecule has 0 aromatic heterocycles. The van der Waals surface area contributed by atoms with E-state index in [1.165, 1.54) is 0 Å². The molecule has 0 heterocycles. The van der Waals surface area contributed by atoms with E-state index in [2.05, 4.69) is 10.9 Å². The van der Waals surface area contributed by atoms with E-state index in [-0.39, 0.29) is 18.4 Å². The Morgan fingerprint density at radius 1 is 1.38 bits per heavy atom. The van der Waals surface area contributed by atoms with Gasteiger partial charge in [-0.2, -0.15) is 0 Å². The third-order valence-electron chi connectivity index (χ3n) is 1.94. The molecule has 0 bridgehead atoms. The summed E-state index contributed by atoms with van der Waals surface area (Å²) in [7, 11) is 0. The van der Waals surface area contributed by atoms with Crippen molar-refractivity contribution in [3.63, 3.8) is 0 Å². The van der Waals surface area contributed by atoms with Crippen LogP contribution in [0.15, 0.2) is 24.0 Å². The Morgan fingerprint density at radius 3 is 2.75 bits per heavy atom. The van der Waals surface area contributed by atoms with E-state index in [9.17, 15) is 9.59 Å². The number of carbonyl (C=O) groups is 2. The van der Waals surface area contributed by atoms with Crippen molar-refractivity contribution in [3.05, 3.63) is 24.0 Å².